The van der Waals surface area contributed by atoms with E-state index < -0.39 is 0 Å². The maximum Gasteiger partial charge on any atom is 0.251 e. The summed E-state index contributed by atoms with van der Waals surface area (Å²) in [6.07, 6.45) is 5.21. The van der Waals surface area contributed by atoms with Gasteiger partial charge >= 0.3 is 0 Å². The standard InChI is InChI=1S/C22H37N3O2.In.3H2/c1-5-18(4)23-14-6-7-15-24-21(26)19-10-12-20(13-11-19)22(27)25-16-8-9-17(2)3;;;;/h10-13,17-18,23H,5-9,14-16H2,1-4H3,(H,24,26)(H,25,27);;3*1H. The quantitative estimate of drug-likeness (QED) is 0.360. The number of rotatable bonds is 13. The van der Waals surface area contributed by atoms with Crippen LogP contribution < -0.4 is 16.0 Å². The Morgan fingerprint density at radius 1 is 0.857 bits per heavy atom. The van der Waals surface area contributed by atoms with Crippen LogP contribution in [0.3, 0.4) is 0 Å². The predicted octanol–water partition coefficient (Wildman–Crippen LogP) is 4.11. The molecule has 161 valence electrons. The molecule has 2 amide bonds. The minimum atomic E-state index is -0.0891. The molecule has 1 unspecified atom stereocenters. The Hall–Kier alpha value is -1.01. The van der Waals surface area contributed by atoms with Crippen molar-refractivity contribution in [3.63, 3.8) is 0 Å². The number of hydrogen-bond acceptors (Lipinski definition) is 3. The molecule has 0 aliphatic carbocycles. The molecule has 0 fully saturated rings. The predicted molar refractivity (Wildman–Crippen MR) is 124 cm³/mol. The summed E-state index contributed by atoms with van der Waals surface area (Å²) in [5.74, 6) is 0.476. The van der Waals surface area contributed by atoms with E-state index in [4.69, 9.17) is 0 Å². The van der Waals surface area contributed by atoms with Crippen LogP contribution >= 0.6 is 0 Å². The van der Waals surface area contributed by atoms with E-state index in [-0.39, 0.29) is 41.9 Å². The molecule has 28 heavy (non-hydrogen) atoms. The summed E-state index contributed by atoms with van der Waals surface area (Å²) < 4.78 is 0. The molecule has 1 atom stereocenters. The molecule has 0 saturated carbocycles. The van der Waals surface area contributed by atoms with Gasteiger partial charge in [0.05, 0.1) is 0 Å². The summed E-state index contributed by atoms with van der Waals surface area (Å²) in [7, 11) is 0. The summed E-state index contributed by atoms with van der Waals surface area (Å²) >= 11 is 0. The third-order valence-corrected chi connectivity index (χ3v) is 4.65. The molecule has 1 aromatic rings. The van der Waals surface area contributed by atoms with Crippen LogP contribution in [0.2, 0.25) is 0 Å². The van der Waals surface area contributed by atoms with E-state index >= 15 is 0 Å². The Kier molecular flexibility index (Phi) is 15.3. The summed E-state index contributed by atoms with van der Waals surface area (Å²) in [4.78, 5) is 24.3. The van der Waals surface area contributed by atoms with E-state index in [0.29, 0.717) is 36.2 Å². The fourth-order valence-electron chi connectivity index (χ4n) is 2.63. The minimum absolute atomic E-state index is 0. The molecular weight excluding hydrogens is 453 g/mol. The Morgan fingerprint density at radius 2 is 1.32 bits per heavy atom. The first kappa shape index (κ1) is 27.0. The molecule has 0 spiro atoms. The fourth-order valence-corrected chi connectivity index (χ4v) is 2.63. The van der Waals surface area contributed by atoms with Gasteiger partial charge in [0.25, 0.3) is 11.8 Å². The van der Waals surface area contributed by atoms with Gasteiger partial charge in [0.15, 0.2) is 0 Å². The van der Waals surface area contributed by atoms with Crippen molar-refractivity contribution in [1.29, 1.82) is 0 Å². The van der Waals surface area contributed by atoms with Crippen molar-refractivity contribution in [3.8, 4) is 0 Å². The number of unbranched alkanes of at least 4 members (excludes halogenated alkanes) is 1. The number of benzene rings is 1. The number of nitrogens with one attached hydrogen (secondary N) is 3. The second-order valence-electron chi connectivity index (χ2n) is 7.60. The third-order valence-electron chi connectivity index (χ3n) is 4.65. The van der Waals surface area contributed by atoms with E-state index in [2.05, 4.69) is 43.6 Å². The van der Waals surface area contributed by atoms with Crippen LogP contribution in [0.5, 0.6) is 0 Å². The second kappa shape index (κ2) is 15.9. The van der Waals surface area contributed by atoms with Crippen LogP contribution in [-0.2, 0) is 0 Å². The number of carbonyl (C=O) groups excluding carboxylic acids is 2. The summed E-state index contributed by atoms with van der Waals surface area (Å²) in [5, 5.41) is 9.30. The molecule has 0 heterocycles. The Balaban J connectivity index is -0.000000911. The molecule has 0 saturated heterocycles. The zero-order valence-electron chi connectivity index (χ0n) is 18.0. The van der Waals surface area contributed by atoms with Gasteiger partial charge in [-0.3, -0.25) is 9.59 Å². The largest absolute Gasteiger partial charge is 0.352 e. The van der Waals surface area contributed by atoms with E-state index in [1.54, 1.807) is 24.3 Å². The maximum absolute atomic E-state index is 12.2. The average Bonchev–Trinajstić information content (AvgIpc) is 2.67. The topological polar surface area (TPSA) is 70.2 Å². The van der Waals surface area contributed by atoms with Crippen LogP contribution in [0.4, 0.5) is 0 Å². The van der Waals surface area contributed by atoms with Crippen molar-refractivity contribution < 1.29 is 13.9 Å². The smallest absolute Gasteiger partial charge is 0.251 e. The van der Waals surface area contributed by atoms with E-state index in [1.165, 1.54) is 0 Å². The van der Waals surface area contributed by atoms with Crippen molar-refractivity contribution in [1.82, 2.24) is 16.0 Å². The van der Waals surface area contributed by atoms with Gasteiger partial charge in [-0.2, -0.15) is 0 Å². The molecule has 1 rings (SSSR count). The van der Waals surface area contributed by atoms with E-state index in [9.17, 15) is 9.59 Å². The van der Waals surface area contributed by atoms with Crippen molar-refractivity contribution in [2.45, 2.75) is 65.8 Å². The number of amides is 2. The zero-order valence-corrected chi connectivity index (χ0v) is 21.3. The van der Waals surface area contributed by atoms with Crippen LogP contribution in [0.1, 0.15) is 84.8 Å². The normalized spacial score (nSPS) is 11.6. The molecule has 3 N–H and O–H groups in total. The van der Waals surface area contributed by atoms with E-state index in [0.717, 1.165) is 38.6 Å². The van der Waals surface area contributed by atoms with Gasteiger partial charge in [-0.05, 0) is 75.8 Å². The first-order chi connectivity index (χ1) is 12.9. The first-order valence-corrected chi connectivity index (χ1v) is 10.3. The third kappa shape index (κ3) is 11.7. The van der Waals surface area contributed by atoms with Crippen LogP contribution in [0.15, 0.2) is 24.3 Å². The van der Waals surface area contributed by atoms with E-state index in [1.807, 2.05) is 0 Å². The molecule has 3 radical (unpaired) electrons. The van der Waals surface area contributed by atoms with Gasteiger partial charge in [0.1, 0.15) is 0 Å². The molecule has 0 aromatic heterocycles. The van der Waals surface area contributed by atoms with Crippen LogP contribution in [0, 0.1) is 5.92 Å². The van der Waals surface area contributed by atoms with Crippen molar-refractivity contribution in [2.24, 2.45) is 5.92 Å². The van der Waals surface area contributed by atoms with Crippen LogP contribution in [-0.4, -0.2) is 63.3 Å². The van der Waals surface area contributed by atoms with Crippen molar-refractivity contribution in [2.75, 3.05) is 19.6 Å². The molecule has 0 aliphatic rings. The Labute approximate surface area is 194 Å². The molecule has 1 aromatic carbocycles. The molecule has 5 nitrogen and oxygen atoms in total. The second-order valence-corrected chi connectivity index (χ2v) is 7.60. The van der Waals surface area contributed by atoms with Gasteiger partial charge < -0.3 is 16.0 Å². The molecule has 6 heteroatoms. The first-order valence-electron chi connectivity index (χ1n) is 10.3. The zero-order chi connectivity index (χ0) is 20.1. The molecule has 0 aliphatic heterocycles. The van der Waals surface area contributed by atoms with Gasteiger partial charge in [0.2, 0.25) is 0 Å². The minimum Gasteiger partial charge on any atom is -0.352 e. The number of carbonyl (C=O) groups is 2. The summed E-state index contributed by atoms with van der Waals surface area (Å²) in [6, 6.07) is 7.39. The maximum atomic E-state index is 12.2. The average molecular weight is 496 g/mol. The summed E-state index contributed by atoms with van der Waals surface area (Å²) in [6.45, 7) is 11.0. The van der Waals surface area contributed by atoms with Gasteiger partial charge in [0, 0.05) is 60.4 Å². The van der Waals surface area contributed by atoms with Crippen molar-refractivity contribution >= 4 is 37.7 Å². The fraction of sp³-hybridized carbons (Fsp3) is 0.636. The Bertz CT molecular complexity index is 576. The van der Waals surface area contributed by atoms with Crippen molar-refractivity contribution in [3.05, 3.63) is 35.4 Å². The molecule has 0 bridgehead atoms. The molecular formula is C22H43InN3O2. The SMILES string of the molecule is CCC(C)NCCCCNC(=O)c1ccc(C(=O)NCCCC(C)C)cc1.[HH].[HH].[HH].[In]. The van der Waals surface area contributed by atoms with Gasteiger partial charge in [-0.15, -0.1) is 0 Å². The monoisotopic (exact) mass is 496 g/mol. The van der Waals surface area contributed by atoms with Gasteiger partial charge in [-0.25, -0.2) is 0 Å². The van der Waals surface area contributed by atoms with Crippen LogP contribution in [0.25, 0.3) is 0 Å². The summed E-state index contributed by atoms with van der Waals surface area (Å²) in [5.41, 5.74) is 1.18. The van der Waals surface area contributed by atoms with Gasteiger partial charge in [-0.1, -0.05) is 20.8 Å². The number of hydrogen-bond donors (Lipinski definition) is 3. The Morgan fingerprint density at radius 3 is 1.79 bits per heavy atom.